The van der Waals surface area contributed by atoms with Crippen molar-refractivity contribution in [1.29, 1.82) is 0 Å². The number of hydrogen-bond acceptors (Lipinski definition) is 7. The van der Waals surface area contributed by atoms with Crippen molar-refractivity contribution in [1.82, 2.24) is 10.2 Å². The highest BCUT2D eigenvalue weighted by atomic mass is 35.5. The molecule has 2 rings (SSSR count). The Morgan fingerprint density at radius 1 is 1.08 bits per heavy atom. The van der Waals surface area contributed by atoms with E-state index in [4.69, 9.17) is 20.9 Å². The summed E-state index contributed by atoms with van der Waals surface area (Å²) in [6.45, 7) is 10.0. The van der Waals surface area contributed by atoms with Crippen molar-refractivity contribution in [3.05, 3.63) is 29.8 Å². The third kappa shape index (κ3) is 11.0. The summed E-state index contributed by atoms with van der Waals surface area (Å²) in [5.41, 5.74) is 11.4. The smallest absolute Gasteiger partial charge is 0.415 e. The number of carbonyl (C=O) groups is 4. The lowest BCUT2D eigenvalue weighted by molar-refractivity contribution is -0.158. The van der Waals surface area contributed by atoms with Crippen LogP contribution in [0.4, 0.5) is 4.79 Å². The Kier molecular flexibility index (Phi) is 12.3. The highest BCUT2D eigenvalue weighted by Gasteiger charge is 2.29. The molecule has 3 amide bonds. The fourth-order valence-electron chi connectivity index (χ4n) is 3.90. The summed E-state index contributed by atoms with van der Waals surface area (Å²) < 4.78 is 11.0. The number of nitrogens with zero attached hydrogens (tertiary/aromatic N) is 1. The Morgan fingerprint density at radius 3 is 2.14 bits per heavy atom. The number of piperidine rings is 1. The maximum absolute atomic E-state index is 12.8. The van der Waals surface area contributed by atoms with E-state index in [2.05, 4.69) is 5.32 Å². The average Bonchev–Trinajstić information content (AvgIpc) is 2.78. The Morgan fingerprint density at radius 2 is 1.65 bits per heavy atom. The van der Waals surface area contributed by atoms with Gasteiger partial charge in [0.05, 0.1) is 6.04 Å². The summed E-state index contributed by atoms with van der Waals surface area (Å²) in [6.07, 6.45) is 1.21. The summed E-state index contributed by atoms with van der Waals surface area (Å²) in [4.78, 5) is 50.7. The molecule has 1 aliphatic heterocycles. The molecule has 1 fully saturated rings. The van der Waals surface area contributed by atoms with E-state index >= 15 is 0 Å². The molecular weight excluding hydrogens is 500 g/mol. The van der Waals surface area contributed by atoms with Gasteiger partial charge in [0.25, 0.3) is 0 Å². The first kappa shape index (κ1) is 32.2. The number of nitrogens with one attached hydrogen (secondary N) is 1. The predicted molar refractivity (Wildman–Crippen MR) is 142 cm³/mol. The number of rotatable bonds is 9. The fraction of sp³-hybridized carbons (Fsp3) is 0.615. The van der Waals surface area contributed by atoms with Crippen LogP contribution in [0, 0.1) is 11.8 Å². The number of amides is 3. The minimum absolute atomic E-state index is 0. The zero-order chi connectivity index (χ0) is 27.0. The van der Waals surface area contributed by atoms with Crippen molar-refractivity contribution in [3.8, 4) is 5.75 Å². The van der Waals surface area contributed by atoms with Gasteiger partial charge in [-0.15, -0.1) is 12.4 Å². The van der Waals surface area contributed by atoms with Crippen molar-refractivity contribution in [2.75, 3.05) is 13.1 Å². The van der Waals surface area contributed by atoms with Gasteiger partial charge in [0, 0.05) is 25.4 Å². The molecule has 1 heterocycles. The number of hydrogen-bond donors (Lipinski definition) is 3. The van der Waals surface area contributed by atoms with Crippen molar-refractivity contribution in [2.45, 2.75) is 78.0 Å². The lowest BCUT2D eigenvalue weighted by atomic mass is 9.97. The van der Waals surface area contributed by atoms with Gasteiger partial charge in [-0.25, -0.2) is 9.59 Å². The van der Waals surface area contributed by atoms with E-state index < -0.39 is 35.7 Å². The van der Waals surface area contributed by atoms with Gasteiger partial charge in [-0.1, -0.05) is 26.0 Å². The average molecular weight is 541 g/mol. The second kappa shape index (κ2) is 14.2. The molecule has 1 aromatic rings. The largest absolute Gasteiger partial charge is 0.458 e. The molecule has 2 atom stereocenters. The number of nitrogens with two attached hydrogens (primary N) is 2. The number of carbonyl (C=O) groups excluding carboxylic acids is 4. The van der Waals surface area contributed by atoms with Crippen LogP contribution in [0.25, 0.3) is 0 Å². The van der Waals surface area contributed by atoms with E-state index in [1.165, 1.54) is 0 Å². The highest BCUT2D eigenvalue weighted by molar-refractivity contribution is 5.87. The first-order valence-electron chi connectivity index (χ1n) is 12.4. The molecule has 37 heavy (non-hydrogen) atoms. The van der Waals surface area contributed by atoms with E-state index in [0.717, 1.165) is 5.56 Å². The Bertz CT molecular complexity index is 924. The molecule has 0 bridgehead atoms. The SMILES string of the molecule is CC(C)C[C@H](N)C(=O)N[C@@H](Cc1ccc(OC(=O)N2CCC(C(N)=O)CC2)cc1)C(=O)OC(C)(C)C.Cl. The third-order valence-electron chi connectivity index (χ3n) is 5.79. The molecule has 0 aliphatic carbocycles. The quantitative estimate of drug-likeness (QED) is 0.406. The van der Waals surface area contributed by atoms with Gasteiger partial charge in [-0.2, -0.15) is 0 Å². The molecule has 5 N–H and O–H groups in total. The van der Waals surface area contributed by atoms with Gasteiger partial charge < -0.3 is 31.2 Å². The molecule has 0 spiro atoms. The van der Waals surface area contributed by atoms with E-state index in [9.17, 15) is 19.2 Å². The summed E-state index contributed by atoms with van der Waals surface area (Å²) in [7, 11) is 0. The van der Waals surface area contributed by atoms with Gasteiger partial charge in [-0.3, -0.25) is 9.59 Å². The fourth-order valence-corrected chi connectivity index (χ4v) is 3.90. The van der Waals surface area contributed by atoms with Crippen molar-refractivity contribution in [3.63, 3.8) is 0 Å². The van der Waals surface area contributed by atoms with Gasteiger partial charge in [-0.05, 0) is 63.6 Å². The molecular formula is C26H41ClN4O6. The Labute approximate surface area is 225 Å². The molecule has 11 heteroatoms. The zero-order valence-electron chi connectivity index (χ0n) is 22.3. The monoisotopic (exact) mass is 540 g/mol. The van der Waals surface area contributed by atoms with Crippen LogP contribution in [-0.4, -0.2) is 59.6 Å². The highest BCUT2D eigenvalue weighted by Crippen LogP contribution is 2.20. The molecule has 1 aromatic carbocycles. The second-order valence-electron chi connectivity index (χ2n) is 10.7. The summed E-state index contributed by atoms with van der Waals surface area (Å²) in [5, 5.41) is 2.73. The van der Waals surface area contributed by atoms with Crippen LogP contribution in [0.1, 0.15) is 59.4 Å². The number of benzene rings is 1. The molecule has 0 unspecified atom stereocenters. The number of primary amides is 1. The lowest BCUT2D eigenvalue weighted by Gasteiger charge is -2.29. The zero-order valence-corrected chi connectivity index (χ0v) is 23.1. The van der Waals surface area contributed by atoms with Crippen molar-refractivity contribution < 1.29 is 28.7 Å². The first-order valence-corrected chi connectivity index (χ1v) is 12.4. The van der Waals surface area contributed by atoms with Gasteiger partial charge in [0.15, 0.2) is 0 Å². The number of esters is 1. The normalized spacial score (nSPS) is 15.8. The summed E-state index contributed by atoms with van der Waals surface area (Å²) in [6, 6.07) is 5.04. The van der Waals surface area contributed by atoms with Gasteiger partial charge in [0.2, 0.25) is 11.8 Å². The van der Waals surface area contributed by atoms with Crippen LogP contribution in [0.15, 0.2) is 24.3 Å². The Hall–Kier alpha value is -2.85. The molecule has 0 aromatic heterocycles. The minimum Gasteiger partial charge on any atom is -0.458 e. The van der Waals surface area contributed by atoms with Crippen molar-refractivity contribution in [2.24, 2.45) is 23.3 Å². The summed E-state index contributed by atoms with van der Waals surface area (Å²) >= 11 is 0. The minimum atomic E-state index is -0.921. The van der Waals surface area contributed by atoms with Crippen LogP contribution < -0.4 is 21.5 Å². The van der Waals surface area contributed by atoms with E-state index in [1.54, 1.807) is 49.9 Å². The topological polar surface area (TPSA) is 154 Å². The lowest BCUT2D eigenvalue weighted by Crippen LogP contribution is -2.51. The standard InChI is InChI=1S/C26H40N4O6.ClH/c1-16(2)14-20(27)23(32)29-21(24(33)36-26(3,4)5)15-17-6-8-19(9-7-17)35-25(34)30-12-10-18(11-13-30)22(28)31;/h6-9,16,18,20-21H,10-15,27H2,1-5H3,(H2,28,31)(H,29,32);1H/t20-,21-;/m0./s1. The molecule has 1 aliphatic rings. The van der Waals surface area contributed by atoms with E-state index in [-0.39, 0.29) is 36.6 Å². The predicted octanol–water partition coefficient (Wildman–Crippen LogP) is 2.55. The molecule has 0 saturated carbocycles. The first-order chi connectivity index (χ1) is 16.7. The number of halogens is 1. The number of likely N-dealkylation sites (tertiary alicyclic amines) is 1. The van der Waals surface area contributed by atoms with Gasteiger partial charge in [0.1, 0.15) is 17.4 Å². The summed E-state index contributed by atoms with van der Waals surface area (Å²) in [5.74, 6) is -0.950. The third-order valence-corrected chi connectivity index (χ3v) is 5.79. The van der Waals surface area contributed by atoms with Crippen LogP contribution in [-0.2, 0) is 25.5 Å². The van der Waals surface area contributed by atoms with Crippen LogP contribution in [0.2, 0.25) is 0 Å². The number of ether oxygens (including phenoxy) is 2. The van der Waals surface area contributed by atoms with Crippen molar-refractivity contribution >= 4 is 36.3 Å². The van der Waals surface area contributed by atoms with Crippen LogP contribution >= 0.6 is 12.4 Å². The maximum Gasteiger partial charge on any atom is 0.415 e. The van der Waals surface area contributed by atoms with E-state index in [1.807, 2.05) is 13.8 Å². The molecule has 0 radical (unpaired) electrons. The van der Waals surface area contributed by atoms with Crippen LogP contribution in [0.3, 0.4) is 0 Å². The van der Waals surface area contributed by atoms with Gasteiger partial charge >= 0.3 is 12.1 Å². The van der Waals surface area contributed by atoms with Crippen LogP contribution in [0.5, 0.6) is 5.75 Å². The maximum atomic E-state index is 12.8. The molecule has 1 saturated heterocycles. The molecule has 10 nitrogen and oxygen atoms in total. The van der Waals surface area contributed by atoms with E-state index in [0.29, 0.717) is 38.1 Å². The Balaban J connectivity index is 0.00000684. The molecule has 208 valence electrons. The second-order valence-corrected chi connectivity index (χ2v) is 10.7.